The zero-order valence-electron chi connectivity index (χ0n) is 15.4. The number of nitrogens with zero attached hydrogens (tertiary/aromatic N) is 2. The molecule has 2 rings (SSSR count). The molecule has 4 nitrogen and oxygen atoms in total. The summed E-state index contributed by atoms with van der Waals surface area (Å²) in [5.74, 6) is 1.91. The molecule has 1 heterocycles. The Morgan fingerprint density at radius 3 is 2.70 bits per heavy atom. The average Bonchev–Trinajstić information content (AvgIpc) is 2.88. The van der Waals surface area contributed by atoms with E-state index < -0.39 is 0 Å². The molecule has 1 aliphatic rings. The van der Waals surface area contributed by atoms with Crippen LogP contribution in [0.15, 0.2) is 29.3 Å². The largest absolute Gasteiger partial charge is 0.497 e. The fraction of sp³-hybridized carbons (Fsp3) is 0.632. The predicted octanol–water partition coefficient (Wildman–Crippen LogP) is 3.28. The van der Waals surface area contributed by atoms with Gasteiger partial charge in [-0.2, -0.15) is 0 Å². The number of aliphatic imine (C=N–C) groups is 1. The maximum Gasteiger partial charge on any atom is 0.193 e. The van der Waals surface area contributed by atoms with Crippen molar-refractivity contribution < 1.29 is 4.74 Å². The van der Waals surface area contributed by atoms with E-state index in [9.17, 15) is 0 Å². The van der Waals surface area contributed by atoms with Crippen molar-refractivity contribution in [2.75, 3.05) is 33.8 Å². The van der Waals surface area contributed by atoms with Gasteiger partial charge >= 0.3 is 0 Å². The molecule has 1 N–H and O–H groups in total. The lowest BCUT2D eigenvalue weighted by molar-refractivity contribution is 0.367. The van der Waals surface area contributed by atoms with Gasteiger partial charge in [-0.1, -0.05) is 39.8 Å². The van der Waals surface area contributed by atoms with Gasteiger partial charge in [0.05, 0.1) is 7.11 Å². The third kappa shape index (κ3) is 4.40. The van der Waals surface area contributed by atoms with Crippen LogP contribution < -0.4 is 10.1 Å². The smallest absolute Gasteiger partial charge is 0.193 e. The summed E-state index contributed by atoms with van der Waals surface area (Å²) in [7, 11) is 3.58. The molecule has 0 aliphatic carbocycles. The van der Waals surface area contributed by atoms with Crippen LogP contribution in [0.3, 0.4) is 0 Å². The fourth-order valence-electron chi connectivity index (χ4n) is 3.07. The Kier molecular flexibility index (Phi) is 5.23. The molecular formula is C19H31N3O. The summed E-state index contributed by atoms with van der Waals surface area (Å²) in [6, 6.07) is 8.31. The highest BCUT2D eigenvalue weighted by Gasteiger charge is 2.31. The summed E-state index contributed by atoms with van der Waals surface area (Å²) in [5, 5.41) is 3.56. The van der Waals surface area contributed by atoms with Gasteiger partial charge in [0.1, 0.15) is 5.75 Å². The molecule has 0 saturated carbocycles. The van der Waals surface area contributed by atoms with Crippen LogP contribution >= 0.6 is 0 Å². The van der Waals surface area contributed by atoms with Crippen molar-refractivity contribution in [3.63, 3.8) is 0 Å². The van der Waals surface area contributed by atoms with Crippen LogP contribution in [0.5, 0.6) is 5.75 Å². The van der Waals surface area contributed by atoms with Crippen molar-refractivity contribution >= 4 is 5.96 Å². The van der Waals surface area contributed by atoms with E-state index in [1.807, 2.05) is 19.2 Å². The first-order valence-corrected chi connectivity index (χ1v) is 8.37. The van der Waals surface area contributed by atoms with Crippen molar-refractivity contribution in [3.05, 3.63) is 29.8 Å². The minimum absolute atomic E-state index is 0.000276. The van der Waals surface area contributed by atoms with E-state index in [0.29, 0.717) is 5.41 Å². The Hall–Kier alpha value is -1.71. The van der Waals surface area contributed by atoms with Crippen LogP contribution in [0.2, 0.25) is 0 Å². The number of rotatable bonds is 4. The molecule has 0 spiro atoms. The van der Waals surface area contributed by atoms with Gasteiger partial charge in [-0.3, -0.25) is 4.99 Å². The minimum Gasteiger partial charge on any atom is -0.497 e. The van der Waals surface area contributed by atoms with E-state index >= 15 is 0 Å². The number of nitrogens with one attached hydrogen (secondary N) is 1. The maximum absolute atomic E-state index is 5.35. The summed E-state index contributed by atoms with van der Waals surface area (Å²) in [4.78, 5) is 6.84. The monoisotopic (exact) mass is 317 g/mol. The number of methoxy groups -OCH3 is 1. The number of hydrogen-bond acceptors (Lipinski definition) is 2. The highest BCUT2D eigenvalue weighted by molar-refractivity contribution is 5.80. The van der Waals surface area contributed by atoms with Crippen LogP contribution in [0.1, 0.15) is 39.7 Å². The van der Waals surface area contributed by atoms with E-state index in [0.717, 1.165) is 31.3 Å². The van der Waals surface area contributed by atoms with Crippen molar-refractivity contribution in [3.8, 4) is 5.75 Å². The van der Waals surface area contributed by atoms with Crippen LogP contribution in [0.4, 0.5) is 0 Å². The third-order valence-corrected chi connectivity index (χ3v) is 4.73. The normalized spacial score (nSPS) is 18.2. The molecule has 0 amide bonds. The molecule has 1 fully saturated rings. The van der Waals surface area contributed by atoms with E-state index in [2.05, 4.69) is 55.0 Å². The number of likely N-dealkylation sites (tertiary alicyclic amines) is 1. The van der Waals surface area contributed by atoms with Crippen molar-refractivity contribution in [2.45, 2.75) is 39.5 Å². The zero-order chi connectivity index (χ0) is 17.1. The lowest BCUT2D eigenvalue weighted by Crippen LogP contribution is -2.45. The second-order valence-corrected chi connectivity index (χ2v) is 7.85. The zero-order valence-corrected chi connectivity index (χ0v) is 15.4. The lowest BCUT2D eigenvalue weighted by atomic mass is 9.84. The van der Waals surface area contributed by atoms with Gasteiger partial charge in [0.15, 0.2) is 5.96 Å². The van der Waals surface area contributed by atoms with E-state index in [-0.39, 0.29) is 5.41 Å². The predicted molar refractivity (Wildman–Crippen MR) is 97.4 cm³/mol. The highest BCUT2D eigenvalue weighted by atomic mass is 16.5. The molecule has 1 saturated heterocycles. The van der Waals surface area contributed by atoms with Crippen LogP contribution in [-0.2, 0) is 5.41 Å². The van der Waals surface area contributed by atoms with Crippen LogP contribution in [0, 0.1) is 5.41 Å². The maximum atomic E-state index is 5.35. The van der Waals surface area contributed by atoms with Gasteiger partial charge in [0, 0.05) is 32.1 Å². The molecule has 4 heteroatoms. The van der Waals surface area contributed by atoms with Crippen molar-refractivity contribution in [1.29, 1.82) is 0 Å². The molecule has 0 radical (unpaired) electrons. The van der Waals surface area contributed by atoms with Gasteiger partial charge < -0.3 is 15.0 Å². The topological polar surface area (TPSA) is 36.9 Å². The molecule has 0 atom stereocenters. The van der Waals surface area contributed by atoms with E-state index in [1.165, 1.54) is 12.0 Å². The molecule has 0 bridgehead atoms. The quantitative estimate of drug-likeness (QED) is 0.684. The Balaban J connectivity index is 2.02. The average molecular weight is 317 g/mol. The molecule has 0 unspecified atom stereocenters. The molecule has 128 valence electrons. The Morgan fingerprint density at radius 1 is 1.39 bits per heavy atom. The summed E-state index contributed by atoms with van der Waals surface area (Å²) in [6.45, 7) is 12.1. The van der Waals surface area contributed by atoms with Gasteiger partial charge in [-0.25, -0.2) is 0 Å². The molecule has 1 aliphatic heterocycles. The third-order valence-electron chi connectivity index (χ3n) is 4.73. The molecule has 0 aromatic heterocycles. The van der Waals surface area contributed by atoms with Crippen LogP contribution in [0.25, 0.3) is 0 Å². The Morgan fingerprint density at radius 2 is 2.13 bits per heavy atom. The highest BCUT2D eigenvalue weighted by Crippen LogP contribution is 2.29. The SMILES string of the molecule is CN=C(NCC(C)(C)c1cccc(OC)c1)N1CCC(C)(C)C1. The number of ether oxygens (including phenoxy) is 1. The van der Waals surface area contributed by atoms with Gasteiger partial charge in [0.25, 0.3) is 0 Å². The van der Waals surface area contributed by atoms with Crippen molar-refractivity contribution in [1.82, 2.24) is 10.2 Å². The first kappa shape index (κ1) is 17.6. The second kappa shape index (κ2) is 6.81. The lowest BCUT2D eigenvalue weighted by Gasteiger charge is -2.30. The molecule has 1 aromatic carbocycles. The molecule has 23 heavy (non-hydrogen) atoms. The summed E-state index contributed by atoms with van der Waals surface area (Å²) < 4.78 is 5.35. The van der Waals surface area contributed by atoms with Crippen LogP contribution in [-0.4, -0.2) is 44.7 Å². The Labute approximate surface area is 140 Å². The van der Waals surface area contributed by atoms with E-state index in [1.54, 1.807) is 7.11 Å². The van der Waals surface area contributed by atoms with E-state index in [4.69, 9.17) is 4.74 Å². The summed E-state index contributed by atoms with van der Waals surface area (Å²) >= 11 is 0. The minimum atomic E-state index is -0.000276. The van der Waals surface area contributed by atoms with Gasteiger partial charge in [0.2, 0.25) is 0 Å². The number of guanidine groups is 1. The van der Waals surface area contributed by atoms with Gasteiger partial charge in [-0.05, 0) is 29.5 Å². The first-order chi connectivity index (χ1) is 10.8. The fourth-order valence-corrected chi connectivity index (χ4v) is 3.07. The Bertz CT molecular complexity index is 563. The summed E-state index contributed by atoms with van der Waals surface area (Å²) in [5.41, 5.74) is 1.64. The standard InChI is InChI=1S/C19H31N3O/c1-18(2)10-11-22(14-18)17(20-5)21-13-19(3,4)15-8-7-9-16(12-15)23-6/h7-9,12H,10-11,13-14H2,1-6H3,(H,20,21). The molecule has 1 aromatic rings. The number of benzene rings is 1. The summed E-state index contributed by atoms with van der Waals surface area (Å²) in [6.07, 6.45) is 1.22. The first-order valence-electron chi connectivity index (χ1n) is 8.37. The van der Waals surface area contributed by atoms with Gasteiger partial charge in [-0.15, -0.1) is 0 Å². The van der Waals surface area contributed by atoms with Crippen molar-refractivity contribution in [2.24, 2.45) is 10.4 Å². The molecular weight excluding hydrogens is 286 g/mol. The number of hydrogen-bond donors (Lipinski definition) is 1. The second-order valence-electron chi connectivity index (χ2n) is 7.85.